The Balaban J connectivity index is 1.75. The molecule has 1 atom stereocenters. The van der Waals surface area contributed by atoms with E-state index >= 15 is 0 Å². The molecule has 2 aromatic rings. The van der Waals surface area contributed by atoms with Gasteiger partial charge in [0.1, 0.15) is 11.6 Å². The quantitative estimate of drug-likeness (QED) is 0.945. The van der Waals surface area contributed by atoms with Crippen LogP contribution in [0.25, 0.3) is 0 Å². The summed E-state index contributed by atoms with van der Waals surface area (Å²) in [7, 11) is 3.84. The van der Waals surface area contributed by atoms with Crippen molar-refractivity contribution in [1.82, 2.24) is 10.3 Å². The molecule has 1 amide bonds. The molecule has 0 aliphatic carbocycles. The van der Waals surface area contributed by atoms with Crippen molar-refractivity contribution in [3.63, 3.8) is 0 Å². The molecule has 1 aromatic heterocycles. The Morgan fingerprint density at radius 3 is 2.82 bits per heavy atom. The highest BCUT2D eigenvalue weighted by Crippen LogP contribution is 2.31. The van der Waals surface area contributed by atoms with Crippen LogP contribution >= 0.6 is 0 Å². The smallest absolute Gasteiger partial charge is 0.253 e. The summed E-state index contributed by atoms with van der Waals surface area (Å²) in [5.74, 6) is 1.56. The van der Waals surface area contributed by atoms with Crippen LogP contribution < -0.4 is 15.0 Å². The number of pyridine rings is 1. The lowest BCUT2D eigenvalue weighted by Gasteiger charge is -2.26. The molecule has 0 unspecified atom stereocenters. The zero-order valence-corrected chi connectivity index (χ0v) is 12.7. The van der Waals surface area contributed by atoms with Crippen LogP contribution in [0.4, 0.5) is 5.82 Å². The van der Waals surface area contributed by atoms with Crippen molar-refractivity contribution in [2.24, 2.45) is 0 Å². The van der Waals surface area contributed by atoms with Crippen molar-refractivity contribution in [2.45, 2.75) is 12.5 Å². The third-order valence-corrected chi connectivity index (χ3v) is 3.73. The minimum Gasteiger partial charge on any atom is -0.493 e. The highest BCUT2D eigenvalue weighted by atomic mass is 16.5. The number of carbonyl (C=O) groups excluding carboxylic acids is 1. The van der Waals surface area contributed by atoms with Gasteiger partial charge in [-0.1, -0.05) is 18.2 Å². The number of nitrogens with one attached hydrogen (secondary N) is 1. The number of para-hydroxylation sites is 1. The lowest BCUT2D eigenvalue weighted by Crippen LogP contribution is -2.32. The number of aromatic nitrogens is 1. The molecule has 0 spiro atoms. The minimum atomic E-state index is -0.112. The fraction of sp³-hybridized carbons (Fsp3) is 0.294. The zero-order chi connectivity index (χ0) is 15.5. The van der Waals surface area contributed by atoms with Gasteiger partial charge in [-0.3, -0.25) is 4.79 Å². The van der Waals surface area contributed by atoms with Crippen molar-refractivity contribution in [1.29, 1.82) is 0 Å². The summed E-state index contributed by atoms with van der Waals surface area (Å²) >= 11 is 0. The average Bonchev–Trinajstić information content (AvgIpc) is 2.55. The number of carbonyl (C=O) groups is 1. The fourth-order valence-corrected chi connectivity index (χ4v) is 2.52. The Kier molecular flexibility index (Phi) is 3.96. The van der Waals surface area contributed by atoms with Crippen LogP contribution in [0.1, 0.15) is 28.4 Å². The number of hydrogen-bond donors (Lipinski definition) is 1. The van der Waals surface area contributed by atoms with Crippen molar-refractivity contribution in [3.05, 3.63) is 53.7 Å². The number of hydrogen-bond acceptors (Lipinski definition) is 4. The summed E-state index contributed by atoms with van der Waals surface area (Å²) in [6, 6.07) is 11.4. The number of amides is 1. The van der Waals surface area contributed by atoms with E-state index in [0.29, 0.717) is 12.2 Å². The first-order valence-corrected chi connectivity index (χ1v) is 7.31. The highest BCUT2D eigenvalue weighted by Gasteiger charge is 2.23. The number of rotatable bonds is 3. The van der Waals surface area contributed by atoms with E-state index in [1.807, 2.05) is 49.3 Å². The molecule has 1 aliphatic heterocycles. The van der Waals surface area contributed by atoms with Gasteiger partial charge in [-0.2, -0.15) is 0 Å². The number of anilines is 1. The maximum Gasteiger partial charge on any atom is 0.253 e. The van der Waals surface area contributed by atoms with Gasteiger partial charge < -0.3 is 15.0 Å². The third kappa shape index (κ3) is 2.88. The molecular weight excluding hydrogens is 278 g/mol. The zero-order valence-electron chi connectivity index (χ0n) is 12.7. The largest absolute Gasteiger partial charge is 0.493 e. The van der Waals surface area contributed by atoms with E-state index < -0.39 is 0 Å². The summed E-state index contributed by atoms with van der Waals surface area (Å²) in [5, 5.41) is 3.07. The van der Waals surface area contributed by atoms with Gasteiger partial charge in [0.25, 0.3) is 5.91 Å². The first kappa shape index (κ1) is 14.4. The predicted molar refractivity (Wildman–Crippen MR) is 85.3 cm³/mol. The first-order valence-electron chi connectivity index (χ1n) is 7.31. The maximum absolute atomic E-state index is 12.4. The molecule has 0 radical (unpaired) electrons. The Labute approximate surface area is 129 Å². The lowest BCUT2D eigenvalue weighted by atomic mass is 10.0. The van der Waals surface area contributed by atoms with Gasteiger partial charge in [0.2, 0.25) is 0 Å². The summed E-state index contributed by atoms with van der Waals surface area (Å²) in [4.78, 5) is 18.6. The second-order valence-corrected chi connectivity index (χ2v) is 5.50. The molecule has 0 saturated heterocycles. The molecular formula is C17H19N3O2. The van der Waals surface area contributed by atoms with Gasteiger partial charge in [0.15, 0.2) is 0 Å². The monoisotopic (exact) mass is 297 g/mol. The molecule has 0 saturated carbocycles. The van der Waals surface area contributed by atoms with Crippen molar-refractivity contribution in [2.75, 3.05) is 25.6 Å². The Morgan fingerprint density at radius 2 is 2.09 bits per heavy atom. The van der Waals surface area contributed by atoms with Crippen molar-refractivity contribution >= 4 is 11.7 Å². The van der Waals surface area contributed by atoms with E-state index in [0.717, 1.165) is 23.6 Å². The van der Waals surface area contributed by atoms with Crippen LogP contribution in [0.15, 0.2) is 42.6 Å². The summed E-state index contributed by atoms with van der Waals surface area (Å²) in [6.45, 7) is 0.611. The fourth-order valence-electron chi connectivity index (χ4n) is 2.52. The van der Waals surface area contributed by atoms with E-state index in [-0.39, 0.29) is 11.9 Å². The molecule has 22 heavy (non-hydrogen) atoms. The van der Waals surface area contributed by atoms with E-state index in [9.17, 15) is 4.79 Å². The standard InChI is InChI=1S/C17H19N3O2/c1-20(2)16-8-7-12(11-18-16)17(21)19-14-9-10-22-15-6-4-3-5-13(14)15/h3-8,11,14H,9-10H2,1-2H3,(H,19,21)/t14-/m1/s1. The van der Waals surface area contributed by atoms with E-state index in [4.69, 9.17) is 4.74 Å². The third-order valence-electron chi connectivity index (χ3n) is 3.73. The van der Waals surface area contributed by atoms with Crippen LogP contribution in [0.3, 0.4) is 0 Å². The topological polar surface area (TPSA) is 54.5 Å². The summed E-state index contributed by atoms with van der Waals surface area (Å²) < 4.78 is 5.61. The summed E-state index contributed by atoms with van der Waals surface area (Å²) in [5.41, 5.74) is 1.59. The molecule has 5 nitrogen and oxygen atoms in total. The number of fused-ring (bicyclic) bond motifs is 1. The lowest BCUT2D eigenvalue weighted by molar-refractivity contribution is 0.0924. The molecule has 0 fully saturated rings. The molecule has 0 bridgehead atoms. The second-order valence-electron chi connectivity index (χ2n) is 5.50. The summed E-state index contributed by atoms with van der Waals surface area (Å²) in [6.07, 6.45) is 2.38. The van der Waals surface area contributed by atoms with Crippen LogP contribution in [-0.2, 0) is 0 Å². The first-order chi connectivity index (χ1) is 10.6. The van der Waals surface area contributed by atoms with Crippen LogP contribution in [-0.4, -0.2) is 31.6 Å². The van der Waals surface area contributed by atoms with E-state index in [1.165, 1.54) is 0 Å². The predicted octanol–water partition coefficient (Wildman–Crippen LogP) is 2.40. The average molecular weight is 297 g/mol. The van der Waals surface area contributed by atoms with Gasteiger partial charge in [-0.05, 0) is 18.2 Å². The van der Waals surface area contributed by atoms with Gasteiger partial charge in [0, 0.05) is 32.3 Å². The molecule has 2 heterocycles. The second kappa shape index (κ2) is 6.05. The molecule has 1 aromatic carbocycles. The van der Waals surface area contributed by atoms with Gasteiger partial charge in [-0.25, -0.2) is 4.98 Å². The maximum atomic E-state index is 12.4. The molecule has 5 heteroatoms. The van der Waals surface area contributed by atoms with E-state index in [2.05, 4.69) is 10.3 Å². The molecule has 3 rings (SSSR count). The van der Waals surface area contributed by atoms with E-state index in [1.54, 1.807) is 12.3 Å². The molecule has 1 N–H and O–H groups in total. The van der Waals surface area contributed by atoms with Gasteiger partial charge in [-0.15, -0.1) is 0 Å². The molecule has 114 valence electrons. The number of nitrogens with zero attached hydrogens (tertiary/aromatic N) is 2. The normalized spacial score (nSPS) is 16.4. The highest BCUT2D eigenvalue weighted by molar-refractivity contribution is 5.94. The van der Waals surface area contributed by atoms with Gasteiger partial charge in [0.05, 0.1) is 18.2 Å². The number of benzene rings is 1. The van der Waals surface area contributed by atoms with Gasteiger partial charge >= 0.3 is 0 Å². The van der Waals surface area contributed by atoms with Crippen LogP contribution in [0.2, 0.25) is 0 Å². The Bertz CT molecular complexity index is 668. The Hall–Kier alpha value is -2.56. The van der Waals surface area contributed by atoms with Crippen molar-refractivity contribution in [3.8, 4) is 5.75 Å². The SMILES string of the molecule is CN(C)c1ccc(C(=O)N[C@@H]2CCOc3ccccc32)cn1. The minimum absolute atomic E-state index is 0.0222. The Morgan fingerprint density at radius 1 is 1.27 bits per heavy atom. The molecule has 1 aliphatic rings. The van der Waals surface area contributed by atoms with Crippen LogP contribution in [0.5, 0.6) is 5.75 Å². The number of ether oxygens (including phenoxy) is 1. The van der Waals surface area contributed by atoms with Crippen LogP contribution in [0, 0.1) is 0 Å². The van der Waals surface area contributed by atoms with Crippen molar-refractivity contribution < 1.29 is 9.53 Å².